The first-order chi connectivity index (χ1) is 13.1. The maximum atomic E-state index is 13.1. The number of nitrogens with zero attached hydrogens (tertiary/aromatic N) is 5. The van der Waals surface area contributed by atoms with Crippen molar-refractivity contribution in [2.75, 3.05) is 5.84 Å². The van der Waals surface area contributed by atoms with Crippen LogP contribution in [-0.4, -0.2) is 25.1 Å². The normalized spacial score (nSPS) is 11.0. The molecule has 136 valence electrons. The van der Waals surface area contributed by atoms with E-state index in [4.69, 9.17) is 10.3 Å². The first-order valence-corrected chi connectivity index (χ1v) is 9.07. The van der Waals surface area contributed by atoms with E-state index in [0.29, 0.717) is 34.1 Å². The molecule has 0 unspecified atom stereocenters. The van der Waals surface area contributed by atoms with Crippen LogP contribution >= 0.6 is 11.8 Å². The van der Waals surface area contributed by atoms with Gasteiger partial charge in [0.05, 0.1) is 5.75 Å². The van der Waals surface area contributed by atoms with Gasteiger partial charge in [-0.15, -0.1) is 20.4 Å². The number of benzene rings is 2. The number of nitrogens with two attached hydrogens (primary N) is 1. The van der Waals surface area contributed by atoms with E-state index in [0.717, 1.165) is 11.1 Å². The van der Waals surface area contributed by atoms with Gasteiger partial charge in [0.25, 0.3) is 0 Å². The van der Waals surface area contributed by atoms with Crippen molar-refractivity contribution in [2.24, 2.45) is 0 Å². The fourth-order valence-electron chi connectivity index (χ4n) is 2.42. The Balaban J connectivity index is 1.46. The van der Waals surface area contributed by atoms with Gasteiger partial charge < -0.3 is 10.3 Å². The van der Waals surface area contributed by atoms with Gasteiger partial charge in [-0.2, -0.15) is 0 Å². The average molecular weight is 382 g/mol. The van der Waals surface area contributed by atoms with E-state index in [1.165, 1.54) is 28.6 Å². The van der Waals surface area contributed by atoms with Crippen LogP contribution in [0.5, 0.6) is 0 Å². The molecule has 4 aromatic rings. The standard InChI is InChI=1S/C18H15FN6OS/c1-11-2-4-13(5-3-11)17-23-21-15(26-17)10-27-18-24-22-16(25(18)20)12-6-8-14(19)9-7-12/h2-9H,10,20H2,1H3. The van der Waals surface area contributed by atoms with Crippen molar-refractivity contribution in [3.63, 3.8) is 0 Å². The van der Waals surface area contributed by atoms with E-state index in [-0.39, 0.29) is 5.82 Å². The lowest BCUT2D eigenvalue weighted by molar-refractivity contribution is 0.528. The molecule has 2 N–H and O–H groups in total. The molecule has 0 aliphatic carbocycles. The molecule has 0 bridgehead atoms. The highest BCUT2D eigenvalue weighted by Gasteiger charge is 2.15. The maximum absolute atomic E-state index is 13.1. The van der Waals surface area contributed by atoms with Gasteiger partial charge in [-0.1, -0.05) is 29.5 Å². The van der Waals surface area contributed by atoms with Crippen LogP contribution < -0.4 is 5.84 Å². The predicted octanol–water partition coefficient (Wildman–Crippen LogP) is 3.45. The summed E-state index contributed by atoms with van der Waals surface area (Å²) in [6, 6.07) is 13.7. The van der Waals surface area contributed by atoms with Gasteiger partial charge in [0.15, 0.2) is 5.82 Å². The predicted molar refractivity (Wildman–Crippen MR) is 99.6 cm³/mol. The van der Waals surface area contributed by atoms with Crippen molar-refractivity contribution in [2.45, 2.75) is 17.8 Å². The monoisotopic (exact) mass is 382 g/mol. The van der Waals surface area contributed by atoms with Crippen LogP contribution in [0.15, 0.2) is 58.1 Å². The zero-order valence-electron chi connectivity index (χ0n) is 14.3. The van der Waals surface area contributed by atoms with Gasteiger partial charge in [-0.3, -0.25) is 0 Å². The van der Waals surface area contributed by atoms with Crippen LogP contribution in [0.25, 0.3) is 22.8 Å². The molecule has 0 amide bonds. The van der Waals surface area contributed by atoms with E-state index < -0.39 is 0 Å². The van der Waals surface area contributed by atoms with Gasteiger partial charge in [0.2, 0.25) is 16.9 Å². The van der Waals surface area contributed by atoms with Crippen LogP contribution in [0, 0.1) is 12.7 Å². The van der Waals surface area contributed by atoms with Crippen molar-refractivity contribution >= 4 is 11.8 Å². The molecular weight excluding hydrogens is 367 g/mol. The van der Waals surface area contributed by atoms with Crippen LogP contribution in [-0.2, 0) is 5.75 Å². The topological polar surface area (TPSA) is 95.7 Å². The summed E-state index contributed by atoms with van der Waals surface area (Å²) < 4.78 is 20.1. The molecule has 0 spiro atoms. The zero-order chi connectivity index (χ0) is 18.8. The smallest absolute Gasteiger partial charge is 0.247 e. The SMILES string of the molecule is Cc1ccc(-c2nnc(CSc3nnc(-c4ccc(F)cc4)n3N)o2)cc1. The Labute approximate surface area is 158 Å². The van der Waals surface area contributed by atoms with E-state index in [1.54, 1.807) is 12.1 Å². The summed E-state index contributed by atoms with van der Waals surface area (Å²) in [5.41, 5.74) is 2.70. The Morgan fingerprint density at radius 1 is 0.963 bits per heavy atom. The molecule has 0 aliphatic rings. The highest BCUT2D eigenvalue weighted by molar-refractivity contribution is 7.98. The number of thioether (sulfide) groups is 1. The Hall–Kier alpha value is -3.20. The Morgan fingerprint density at radius 2 is 1.67 bits per heavy atom. The first-order valence-electron chi connectivity index (χ1n) is 8.09. The molecule has 27 heavy (non-hydrogen) atoms. The molecule has 7 nitrogen and oxygen atoms in total. The number of halogens is 1. The molecule has 0 aliphatic heterocycles. The minimum Gasteiger partial charge on any atom is -0.420 e. The lowest BCUT2D eigenvalue weighted by Crippen LogP contribution is -2.11. The summed E-state index contributed by atoms with van der Waals surface area (Å²) in [4.78, 5) is 0. The second kappa shape index (κ2) is 7.20. The Kier molecular flexibility index (Phi) is 4.59. The van der Waals surface area contributed by atoms with Crippen molar-refractivity contribution in [1.29, 1.82) is 0 Å². The molecule has 2 aromatic heterocycles. The quantitative estimate of drug-likeness (QED) is 0.417. The molecule has 2 heterocycles. The van der Waals surface area contributed by atoms with Crippen molar-refractivity contribution in [3.05, 3.63) is 65.8 Å². The third-order valence-corrected chi connectivity index (χ3v) is 4.78. The molecule has 4 rings (SSSR count). The Bertz CT molecular complexity index is 1060. The molecule has 2 aromatic carbocycles. The van der Waals surface area contributed by atoms with E-state index in [9.17, 15) is 4.39 Å². The fourth-order valence-corrected chi connectivity index (χ4v) is 3.12. The lowest BCUT2D eigenvalue weighted by Gasteiger charge is -2.02. The second-order valence-electron chi connectivity index (χ2n) is 5.84. The molecule has 0 saturated heterocycles. The van der Waals surface area contributed by atoms with Gasteiger partial charge in [-0.25, -0.2) is 9.07 Å². The maximum Gasteiger partial charge on any atom is 0.247 e. The van der Waals surface area contributed by atoms with E-state index in [1.807, 2.05) is 31.2 Å². The Morgan fingerprint density at radius 3 is 2.41 bits per heavy atom. The summed E-state index contributed by atoms with van der Waals surface area (Å²) in [6.07, 6.45) is 0. The number of hydrogen-bond donors (Lipinski definition) is 1. The lowest BCUT2D eigenvalue weighted by atomic mass is 10.1. The summed E-state index contributed by atoms with van der Waals surface area (Å²) in [6.45, 7) is 2.02. The number of rotatable bonds is 5. The van der Waals surface area contributed by atoms with Crippen LogP contribution in [0.1, 0.15) is 11.5 Å². The minimum atomic E-state index is -0.322. The molecular formula is C18H15FN6OS. The molecule has 0 radical (unpaired) electrons. The summed E-state index contributed by atoms with van der Waals surface area (Å²) in [5, 5.41) is 16.8. The average Bonchev–Trinajstić information content (AvgIpc) is 3.28. The van der Waals surface area contributed by atoms with Gasteiger partial charge in [-0.05, 0) is 43.3 Å². The molecule has 0 atom stereocenters. The van der Waals surface area contributed by atoms with Crippen LogP contribution in [0.4, 0.5) is 4.39 Å². The number of aryl methyl sites for hydroxylation is 1. The van der Waals surface area contributed by atoms with Gasteiger partial charge in [0, 0.05) is 11.1 Å². The molecule has 0 fully saturated rings. The first kappa shape index (κ1) is 17.2. The highest BCUT2D eigenvalue weighted by atomic mass is 32.2. The van der Waals surface area contributed by atoms with Gasteiger partial charge >= 0.3 is 0 Å². The fraction of sp³-hybridized carbons (Fsp3) is 0.111. The number of nitrogen functional groups attached to an aromatic ring is 1. The van der Waals surface area contributed by atoms with Crippen molar-refractivity contribution < 1.29 is 8.81 Å². The number of hydrogen-bond acceptors (Lipinski definition) is 7. The van der Waals surface area contributed by atoms with Crippen LogP contribution in [0.3, 0.4) is 0 Å². The summed E-state index contributed by atoms with van der Waals surface area (Å²) >= 11 is 1.32. The molecule has 9 heteroatoms. The van der Waals surface area contributed by atoms with E-state index >= 15 is 0 Å². The third kappa shape index (κ3) is 3.68. The summed E-state index contributed by atoms with van der Waals surface area (Å²) in [7, 11) is 0. The second-order valence-corrected chi connectivity index (χ2v) is 6.78. The molecule has 0 saturated carbocycles. The van der Waals surface area contributed by atoms with Crippen molar-refractivity contribution in [3.8, 4) is 22.8 Å². The largest absolute Gasteiger partial charge is 0.420 e. The third-order valence-electron chi connectivity index (χ3n) is 3.86. The minimum absolute atomic E-state index is 0.322. The van der Waals surface area contributed by atoms with Crippen molar-refractivity contribution in [1.82, 2.24) is 25.1 Å². The van der Waals surface area contributed by atoms with Gasteiger partial charge in [0.1, 0.15) is 5.82 Å². The zero-order valence-corrected chi connectivity index (χ0v) is 15.2. The summed E-state index contributed by atoms with van der Waals surface area (Å²) in [5.74, 6) is 7.51. The highest BCUT2D eigenvalue weighted by Crippen LogP contribution is 2.25. The van der Waals surface area contributed by atoms with E-state index in [2.05, 4.69) is 20.4 Å². The van der Waals surface area contributed by atoms with Crippen LogP contribution in [0.2, 0.25) is 0 Å². The number of aromatic nitrogens is 5.